The van der Waals surface area contributed by atoms with Crippen LogP contribution in [0, 0.1) is 5.92 Å². The molecule has 1 aromatic rings. The first-order chi connectivity index (χ1) is 9.56. The maximum Gasteiger partial charge on any atom is 0.310 e. The van der Waals surface area contributed by atoms with Crippen molar-refractivity contribution in [2.24, 2.45) is 5.92 Å². The van der Waals surface area contributed by atoms with Crippen molar-refractivity contribution in [3.8, 4) is 5.75 Å². The lowest BCUT2D eigenvalue weighted by atomic mass is 9.88. The Hall–Kier alpha value is -1.07. The van der Waals surface area contributed by atoms with Gasteiger partial charge in [-0.1, -0.05) is 15.9 Å². The second kappa shape index (κ2) is 6.59. The van der Waals surface area contributed by atoms with Crippen molar-refractivity contribution in [2.75, 3.05) is 33.9 Å². The van der Waals surface area contributed by atoms with E-state index in [4.69, 9.17) is 9.47 Å². The van der Waals surface area contributed by atoms with Crippen LogP contribution in [0.15, 0.2) is 22.7 Å². The first-order valence-corrected chi connectivity index (χ1v) is 7.54. The van der Waals surface area contributed by atoms with Gasteiger partial charge in [-0.15, -0.1) is 0 Å². The van der Waals surface area contributed by atoms with Crippen LogP contribution in [0.25, 0.3) is 0 Å². The van der Waals surface area contributed by atoms with Crippen molar-refractivity contribution in [2.45, 2.75) is 12.8 Å². The van der Waals surface area contributed by atoms with E-state index >= 15 is 0 Å². The Balaban J connectivity index is 2.33. The number of ether oxygens (including phenoxy) is 2. The number of rotatable bonds is 4. The van der Waals surface area contributed by atoms with E-state index in [0.717, 1.165) is 28.9 Å². The van der Waals surface area contributed by atoms with E-state index in [2.05, 4.69) is 20.8 Å². The number of likely N-dealkylation sites (tertiary alicyclic amines) is 1. The monoisotopic (exact) mass is 341 g/mol. The number of halogens is 1. The molecule has 2 atom stereocenters. The fraction of sp³-hybridized carbons (Fsp3) is 0.533. The van der Waals surface area contributed by atoms with Crippen LogP contribution in [0.5, 0.6) is 5.75 Å². The van der Waals surface area contributed by atoms with Crippen LogP contribution in [-0.2, 0) is 9.53 Å². The third kappa shape index (κ3) is 3.15. The molecule has 110 valence electrons. The largest absolute Gasteiger partial charge is 0.496 e. The predicted octanol–water partition coefficient (Wildman–Crippen LogP) is 2.67. The molecule has 0 saturated carbocycles. The lowest BCUT2D eigenvalue weighted by Gasteiger charge is -2.20. The molecule has 1 aromatic carbocycles. The summed E-state index contributed by atoms with van der Waals surface area (Å²) in [5.41, 5.74) is 1.06. The molecule has 1 heterocycles. The van der Waals surface area contributed by atoms with Crippen molar-refractivity contribution >= 4 is 21.9 Å². The molecule has 0 N–H and O–H groups in total. The van der Waals surface area contributed by atoms with Crippen LogP contribution in [-0.4, -0.2) is 44.7 Å². The summed E-state index contributed by atoms with van der Waals surface area (Å²) in [5, 5.41) is 0. The van der Waals surface area contributed by atoms with Gasteiger partial charge in [0, 0.05) is 29.0 Å². The molecule has 1 saturated heterocycles. The summed E-state index contributed by atoms with van der Waals surface area (Å²) in [5.74, 6) is 0.668. The van der Waals surface area contributed by atoms with Crippen LogP contribution in [0.4, 0.5) is 0 Å². The average Bonchev–Trinajstić information content (AvgIpc) is 2.81. The summed E-state index contributed by atoms with van der Waals surface area (Å²) in [6, 6.07) is 5.91. The first-order valence-electron chi connectivity index (χ1n) is 6.75. The zero-order chi connectivity index (χ0) is 14.7. The molecule has 0 amide bonds. The van der Waals surface area contributed by atoms with Crippen molar-refractivity contribution in [1.82, 2.24) is 4.90 Å². The molecule has 0 spiro atoms. The standard InChI is InChI=1S/C15H20BrNO3/c1-4-20-15(18)13-9-17(2)8-12(13)11-7-10(16)5-6-14(11)19-3/h5-7,12-13H,4,8-9H2,1-3H3. The van der Waals surface area contributed by atoms with Crippen molar-refractivity contribution in [1.29, 1.82) is 0 Å². The lowest BCUT2D eigenvalue weighted by Crippen LogP contribution is -2.24. The molecule has 0 bridgehead atoms. The number of methoxy groups -OCH3 is 1. The second-order valence-corrected chi connectivity index (χ2v) is 5.99. The molecule has 2 unspecified atom stereocenters. The van der Waals surface area contributed by atoms with Crippen LogP contribution in [0.1, 0.15) is 18.4 Å². The zero-order valence-corrected chi connectivity index (χ0v) is 13.6. The van der Waals surface area contributed by atoms with E-state index in [1.807, 2.05) is 32.2 Å². The maximum absolute atomic E-state index is 12.2. The highest BCUT2D eigenvalue weighted by molar-refractivity contribution is 9.10. The number of carbonyl (C=O) groups excluding carboxylic acids is 1. The van der Waals surface area contributed by atoms with Crippen LogP contribution in [0.2, 0.25) is 0 Å². The molecule has 5 heteroatoms. The van der Waals surface area contributed by atoms with Gasteiger partial charge in [0.05, 0.1) is 19.6 Å². The topological polar surface area (TPSA) is 38.8 Å². The van der Waals surface area contributed by atoms with Crippen LogP contribution < -0.4 is 4.74 Å². The fourth-order valence-corrected chi connectivity index (χ4v) is 3.18. The molecule has 0 aromatic heterocycles. The Morgan fingerprint density at radius 3 is 2.85 bits per heavy atom. The number of esters is 1. The Bertz CT molecular complexity index is 492. The first kappa shape index (κ1) is 15.3. The summed E-state index contributed by atoms with van der Waals surface area (Å²) < 4.78 is 11.6. The maximum atomic E-state index is 12.2. The van der Waals surface area contributed by atoms with Gasteiger partial charge < -0.3 is 14.4 Å². The van der Waals surface area contributed by atoms with Gasteiger partial charge in [-0.25, -0.2) is 0 Å². The quantitative estimate of drug-likeness (QED) is 0.789. The highest BCUT2D eigenvalue weighted by Crippen LogP contribution is 2.38. The van der Waals surface area contributed by atoms with E-state index in [1.165, 1.54) is 0 Å². The van der Waals surface area contributed by atoms with Gasteiger partial charge >= 0.3 is 5.97 Å². The van der Waals surface area contributed by atoms with Gasteiger partial charge in [-0.05, 0) is 32.2 Å². The molecule has 4 nitrogen and oxygen atoms in total. The minimum Gasteiger partial charge on any atom is -0.496 e. The summed E-state index contributed by atoms with van der Waals surface area (Å²) in [4.78, 5) is 14.3. The zero-order valence-electron chi connectivity index (χ0n) is 12.1. The second-order valence-electron chi connectivity index (χ2n) is 5.07. The van der Waals surface area contributed by atoms with Gasteiger partial charge in [0.15, 0.2) is 0 Å². The normalized spacial score (nSPS) is 22.8. The molecule has 1 aliphatic rings. The van der Waals surface area contributed by atoms with Crippen molar-refractivity contribution < 1.29 is 14.3 Å². The number of carbonyl (C=O) groups is 1. The smallest absolute Gasteiger partial charge is 0.310 e. The summed E-state index contributed by atoms with van der Waals surface area (Å²) in [7, 11) is 3.68. The van der Waals surface area contributed by atoms with Gasteiger partial charge in [0.25, 0.3) is 0 Å². The van der Waals surface area contributed by atoms with E-state index in [1.54, 1.807) is 7.11 Å². The third-order valence-electron chi connectivity index (χ3n) is 3.68. The van der Waals surface area contributed by atoms with E-state index in [0.29, 0.717) is 6.61 Å². The predicted molar refractivity (Wildman–Crippen MR) is 81.1 cm³/mol. The van der Waals surface area contributed by atoms with Crippen LogP contribution >= 0.6 is 15.9 Å². The molecular formula is C15H20BrNO3. The molecule has 20 heavy (non-hydrogen) atoms. The van der Waals surface area contributed by atoms with E-state index in [-0.39, 0.29) is 17.8 Å². The molecule has 0 radical (unpaired) electrons. The van der Waals surface area contributed by atoms with Crippen molar-refractivity contribution in [3.05, 3.63) is 28.2 Å². The molecule has 2 rings (SSSR count). The number of nitrogens with zero attached hydrogens (tertiary/aromatic N) is 1. The Morgan fingerprint density at radius 1 is 1.45 bits per heavy atom. The van der Waals surface area contributed by atoms with E-state index < -0.39 is 0 Å². The summed E-state index contributed by atoms with van der Waals surface area (Å²) in [6.45, 7) is 3.81. The SMILES string of the molecule is CCOC(=O)C1CN(C)CC1c1cc(Br)ccc1OC. The average molecular weight is 342 g/mol. The van der Waals surface area contributed by atoms with Crippen molar-refractivity contribution in [3.63, 3.8) is 0 Å². The third-order valence-corrected chi connectivity index (χ3v) is 4.18. The minimum atomic E-state index is -0.136. The molecule has 1 fully saturated rings. The van der Waals surface area contributed by atoms with Gasteiger partial charge in [0.2, 0.25) is 0 Å². The van der Waals surface area contributed by atoms with Gasteiger partial charge in [-0.3, -0.25) is 4.79 Å². The number of likely N-dealkylation sites (N-methyl/N-ethyl adjacent to an activating group) is 1. The number of benzene rings is 1. The Kier molecular flexibility index (Phi) is 5.05. The highest BCUT2D eigenvalue weighted by Gasteiger charge is 2.39. The minimum absolute atomic E-state index is 0.103. The summed E-state index contributed by atoms with van der Waals surface area (Å²) >= 11 is 3.49. The van der Waals surface area contributed by atoms with Gasteiger partial charge in [0.1, 0.15) is 5.75 Å². The highest BCUT2D eigenvalue weighted by atomic mass is 79.9. The van der Waals surface area contributed by atoms with Gasteiger partial charge in [-0.2, -0.15) is 0 Å². The Morgan fingerprint density at radius 2 is 2.20 bits per heavy atom. The summed E-state index contributed by atoms with van der Waals surface area (Å²) in [6.07, 6.45) is 0. The lowest BCUT2D eigenvalue weighted by molar-refractivity contribution is -0.147. The Labute approximate surface area is 128 Å². The van der Waals surface area contributed by atoms with Crippen LogP contribution in [0.3, 0.4) is 0 Å². The number of hydrogen-bond acceptors (Lipinski definition) is 4. The molecule has 0 aliphatic carbocycles. The number of hydrogen-bond donors (Lipinski definition) is 0. The molecular weight excluding hydrogens is 322 g/mol. The van der Waals surface area contributed by atoms with E-state index in [9.17, 15) is 4.79 Å². The fourth-order valence-electron chi connectivity index (χ4n) is 2.80. The molecule has 1 aliphatic heterocycles.